The lowest BCUT2D eigenvalue weighted by Crippen LogP contribution is -2.49. The first-order valence-corrected chi connectivity index (χ1v) is 8.96. The van der Waals surface area contributed by atoms with E-state index in [-0.39, 0.29) is 11.9 Å². The van der Waals surface area contributed by atoms with Gasteiger partial charge in [-0.05, 0) is 37.1 Å². The van der Waals surface area contributed by atoms with Gasteiger partial charge in [-0.25, -0.2) is 9.69 Å². The zero-order chi connectivity index (χ0) is 18.8. The van der Waals surface area contributed by atoms with Crippen LogP contribution in [0.3, 0.4) is 0 Å². The number of nitrogens with zero attached hydrogens (tertiary/aromatic N) is 2. The van der Waals surface area contributed by atoms with Crippen LogP contribution in [0.5, 0.6) is 5.75 Å². The third kappa shape index (κ3) is 1.95. The molecule has 5 rings (SSSR count). The van der Waals surface area contributed by atoms with E-state index in [1.54, 1.807) is 36.3 Å². The van der Waals surface area contributed by atoms with E-state index in [4.69, 9.17) is 4.74 Å². The summed E-state index contributed by atoms with van der Waals surface area (Å²) in [6.07, 6.45) is 0.722. The van der Waals surface area contributed by atoms with Gasteiger partial charge in [0.1, 0.15) is 5.75 Å². The number of hydrogen-bond acceptors (Lipinski definition) is 3. The quantitative estimate of drug-likeness (QED) is 0.712. The van der Waals surface area contributed by atoms with Crippen LogP contribution in [0, 0.1) is 0 Å². The van der Waals surface area contributed by atoms with Gasteiger partial charge in [-0.15, -0.1) is 0 Å². The minimum absolute atomic E-state index is 0.242. The number of anilines is 1. The maximum atomic E-state index is 13.5. The summed E-state index contributed by atoms with van der Waals surface area (Å²) in [4.78, 5) is 33.0. The van der Waals surface area contributed by atoms with E-state index >= 15 is 0 Å². The second-order valence-corrected chi connectivity index (χ2v) is 7.12. The molecule has 1 fully saturated rings. The number of ether oxygens (including phenoxy) is 1. The predicted molar refractivity (Wildman–Crippen MR) is 102 cm³/mol. The van der Waals surface area contributed by atoms with Crippen molar-refractivity contribution >= 4 is 28.5 Å². The van der Waals surface area contributed by atoms with Gasteiger partial charge >= 0.3 is 6.03 Å². The molecular weight excluding hydrogens is 342 g/mol. The highest BCUT2D eigenvalue weighted by Gasteiger charge is 2.59. The van der Waals surface area contributed by atoms with Crippen molar-refractivity contribution in [2.45, 2.75) is 18.9 Å². The molecule has 3 heterocycles. The zero-order valence-electron chi connectivity index (χ0n) is 15.2. The molecule has 1 aromatic heterocycles. The van der Waals surface area contributed by atoms with Crippen molar-refractivity contribution in [3.05, 3.63) is 59.8 Å². The van der Waals surface area contributed by atoms with Crippen molar-refractivity contribution in [1.82, 2.24) is 9.88 Å². The molecule has 6 nitrogen and oxygen atoms in total. The van der Waals surface area contributed by atoms with Crippen LogP contribution in [0.25, 0.3) is 10.9 Å². The topological polar surface area (TPSA) is 65.6 Å². The molecule has 0 bridgehead atoms. The van der Waals surface area contributed by atoms with Crippen molar-refractivity contribution in [2.24, 2.45) is 0 Å². The lowest BCUT2D eigenvalue weighted by Gasteiger charge is -2.35. The van der Waals surface area contributed by atoms with Crippen LogP contribution in [0.2, 0.25) is 0 Å². The number of hydrogen-bond donors (Lipinski definition) is 1. The highest BCUT2D eigenvalue weighted by atomic mass is 16.5. The smallest absolute Gasteiger partial charge is 0.332 e. The van der Waals surface area contributed by atoms with Crippen LogP contribution < -0.4 is 9.64 Å². The van der Waals surface area contributed by atoms with Crippen molar-refractivity contribution in [3.8, 4) is 5.75 Å². The second kappa shape index (κ2) is 5.36. The Morgan fingerprint density at radius 2 is 1.93 bits per heavy atom. The minimum Gasteiger partial charge on any atom is -0.497 e. The van der Waals surface area contributed by atoms with Gasteiger partial charge in [0.05, 0.1) is 18.5 Å². The number of benzene rings is 2. The van der Waals surface area contributed by atoms with E-state index in [0.717, 1.165) is 28.6 Å². The van der Waals surface area contributed by atoms with E-state index in [1.807, 2.05) is 25.1 Å². The van der Waals surface area contributed by atoms with E-state index in [2.05, 4.69) is 11.1 Å². The standard InChI is InChI=1S/C21H19N3O3/c1-21-18-16(15-8-3-4-9-17(15)22-18)10-11-23(21)20(26)24(19(21)25)13-6-5-7-14(12-13)27-2/h3-9,12,22H,10-11H2,1-2H3/t21-/m1/s1. The molecule has 0 aliphatic carbocycles. The van der Waals surface area contributed by atoms with Crippen LogP contribution in [0.1, 0.15) is 18.2 Å². The summed E-state index contributed by atoms with van der Waals surface area (Å²) in [6.45, 7) is 2.34. The van der Waals surface area contributed by atoms with Gasteiger partial charge in [-0.1, -0.05) is 24.3 Å². The van der Waals surface area contributed by atoms with Crippen molar-refractivity contribution < 1.29 is 14.3 Å². The molecular formula is C21H19N3O3. The van der Waals surface area contributed by atoms with E-state index in [9.17, 15) is 9.59 Å². The Morgan fingerprint density at radius 3 is 2.74 bits per heavy atom. The predicted octanol–water partition coefficient (Wildman–Crippen LogP) is 3.42. The fourth-order valence-electron chi connectivity index (χ4n) is 4.37. The average molecular weight is 361 g/mol. The second-order valence-electron chi connectivity index (χ2n) is 7.12. The number of fused-ring (bicyclic) bond motifs is 5. The molecule has 0 unspecified atom stereocenters. The lowest BCUT2D eigenvalue weighted by molar-refractivity contribution is -0.125. The van der Waals surface area contributed by atoms with Crippen LogP contribution in [-0.4, -0.2) is 35.5 Å². The Labute approximate surface area is 156 Å². The highest BCUT2D eigenvalue weighted by molar-refractivity contribution is 6.23. The fourth-order valence-corrected chi connectivity index (χ4v) is 4.37. The molecule has 6 heteroatoms. The molecule has 2 aliphatic heterocycles. The monoisotopic (exact) mass is 361 g/mol. The van der Waals surface area contributed by atoms with Crippen molar-refractivity contribution in [1.29, 1.82) is 0 Å². The zero-order valence-corrected chi connectivity index (χ0v) is 15.2. The summed E-state index contributed by atoms with van der Waals surface area (Å²) in [5.41, 5.74) is 2.42. The Balaban J connectivity index is 1.68. The normalized spacial score (nSPS) is 21.6. The number of amides is 3. The average Bonchev–Trinajstić information content (AvgIpc) is 3.16. The number of aromatic amines is 1. The van der Waals surface area contributed by atoms with E-state index in [0.29, 0.717) is 18.0 Å². The number of nitrogens with one attached hydrogen (secondary N) is 1. The van der Waals surface area contributed by atoms with Gasteiger partial charge in [0.15, 0.2) is 5.54 Å². The number of rotatable bonds is 2. The molecule has 1 atom stereocenters. The summed E-state index contributed by atoms with van der Waals surface area (Å²) in [7, 11) is 1.56. The largest absolute Gasteiger partial charge is 0.497 e. The molecule has 2 aliphatic rings. The van der Waals surface area contributed by atoms with Crippen LogP contribution >= 0.6 is 0 Å². The molecule has 0 saturated carbocycles. The third-order valence-electron chi connectivity index (χ3n) is 5.78. The number of H-pyrrole nitrogens is 1. The number of methoxy groups -OCH3 is 1. The first kappa shape index (κ1) is 15.9. The van der Waals surface area contributed by atoms with Crippen molar-refractivity contribution in [3.63, 3.8) is 0 Å². The number of imide groups is 1. The van der Waals surface area contributed by atoms with E-state index < -0.39 is 5.54 Å². The van der Waals surface area contributed by atoms with Crippen molar-refractivity contribution in [2.75, 3.05) is 18.6 Å². The first-order chi connectivity index (χ1) is 13.1. The summed E-state index contributed by atoms with van der Waals surface area (Å²) >= 11 is 0. The highest BCUT2D eigenvalue weighted by Crippen LogP contribution is 2.45. The Hall–Kier alpha value is -3.28. The molecule has 1 N–H and O–H groups in total. The Kier molecular flexibility index (Phi) is 3.16. The van der Waals surface area contributed by atoms with Gasteiger partial charge in [-0.3, -0.25) is 4.79 Å². The molecule has 2 aromatic carbocycles. The maximum absolute atomic E-state index is 13.5. The summed E-state index contributed by atoms with van der Waals surface area (Å²) < 4.78 is 5.26. The molecule has 0 spiro atoms. The van der Waals surface area contributed by atoms with Gasteiger partial charge in [0.25, 0.3) is 5.91 Å². The molecule has 136 valence electrons. The van der Waals surface area contributed by atoms with Crippen LogP contribution in [0.15, 0.2) is 48.5 Å². The number of aromatic nitrogens is 1. The van der Waals surface area contributed by atoms with Crippen LogP contribution in [-0.2, 0) is 16.8 Å². The lowest BCUT2D eigenvalue weighted by atomic mass is 9.87. The summed E-state index contributed by atoms with van der Waals surface area (Å²) in [5.74, 6) is 0.364. The Bertz CT molecular complexity index is 1100. The van der Waals surface area contributed by atoms with E-state index in [1.165, 1.54) is 4.90 Å². The first-order valence-electron chi connectivity index (χ1n) is 8.96. The van der Waals surface area contributed by atoms with Gasteiger partial charge in [0, 0.05) is 23.5 Å². The minimum atomic E-state index is -1.03. The fraction of sp³-hybridized carbons (Fsp3) is 0.238. The number of carbonyl (C=O) groups excluding carboxylic acids is 2. The number of urea groups is 1. The molecule has 3 aromatic rings. The molecule has 0 radical (unpaired) electrons. The van der Waals surface area contributed by atoms with Gasteiger partial charge < -0.3 is 14.6 Å². The maximum Gasteiger partial charge on any atom is 0.332 e. The Morgan fingerprint density at radius 1 is 1.11 bits per heavy atom. The summed E-state index contributed by atoms with van der Waals surface area (Å²) in [5, 5.41) is 1.12. The van der Waals surface area contributed by atoms with Crippen LogP contribution in [0.4, 0.5) is 10.5 Å². The van der Waals surface area contributed by atoms with Gasteiger partial charge in [0.2, 0.25) is 0 Å². The molecule has 3 amide bonds. The summed E-state index contributed by atoms with van der Waals surface area (Å²) in [6, 6.07) is 14.8. The SMILES string of the molecule is COc1cccc(N2C(=O)N3CCc4c([nH]c5ccccc45)[C@]3(C)C2=O)c1. The third-order valence-corrected chi connectivity index (χ3v) is 5.78. The van der Waals surface area contributed by atoms with Gasteiger partial charge in [-0.2, -0.15) is 0 Å². The molecule has 1 saturated heterocycles. The molecule has 27 heavy (non-hydrogen) atoms. The number of carbonyl (C=O) groups is 2. The number of para-hydroxylation sites is 1.